The van der Waals surface area contributed by atoms with Crippen LogP contribution in [0.15, 0.2) is 48.5 Å². The number of hydrogen-bond acceptors (Lipinski definition) is 3. The molecule has 0 radical (unpaired) electrons. The van der Waals surface area contributed by atoms with Crippen LogP contribution in [-0.4, -0.2) is 17.9 Å². The molecule has 132 valence electrons. The fourth-order valence-corrected chi connectivity index (χ4v) is 3.53. The van der Waals surface area contributed by atoms with Crippen LogP contribution >= 0.6 is 0 Å². The van der Waals surface area contributed by atoms with Gasteiger partial charge in [-0.1, -0.05) is 48.5 Å². The van der Waals surface area contributed by atoms with E-state index in [0.29, 0.717) is 25.7 Å². The molecule has 26 heavy (non-hydrogen) atoms. The van der Waals surface area contributed by atoms with Gasteiger partial charge in [0, 0.05) is 6.42 Å². The summed E-state index contributed by atoms with van der Waals surface area (Å²) in [5, 5.41) is 11.4. The van der Waals surface area contributed by atoms with Gasteiger partial charge in [0.15, 0.2) is 0 Å². The third kappa shape index (κ3) is 3.45. The van der Waals surface area contributed by atoms with Gasteiger partial charge in [-0.2, -0.15) is 5.26 Å². The summed E-state index contributed by atoms with van der Waals surface area (Å²) in [5.41, 5.74) is 9.45. The first-order valence-electron chi connectivity index (χ1n) is 8.78. The predicted molar refractivity (Wildman–Crippen MR) is 98.9 cm³/mol. The van der Waals surface area contributed by atoms with Crippen LogP contribution in [0.5, 0.6) is 0 Å². The van der Waals surface area contributed by atoms with E-state index >= 15 is 0 Å². The van der Waals surface area contributed by atoms with Crippen LogP contribution in [0.4, 0.5) is 0 Å². The van der Waals surface area contributed by atoms with Crippen molar-refractivity contribution in [2.75, 3.05) is 0 Å². The molecule has 0 bridgehead atoms. The second-order valence-electron chi connectivity index (χ2n) is 6.47. The van der Waals surface area contributed by atoms with Gasteiger partial charge >= 0.3 is 0 Å². The van der Waals surface area contributed by atoms with Crippen molar-refractivity contribution in [3.63, 3.8) is 0 Å². The smallest absolute Gasteiger partial charge is 0.240 e. The number of nitriles is 1. The Labute approximate surface area is 152 Å². The predicted octanol–water partition coefficient (Wildman–Crippen LogP) is 2.85. The SMILES string of the molecule is N#CCCCC[C@@H](NC(=O)C1c2ccccc2-c2ccccc21)C(N)=O. The van der Waals surface area contributed by atoms with Crippen molar-refractivity contribution in [2.24, 2.45) is 5.73 Å². The van der Waals surface area contributed by atoms with Gasteiger partial charge in [0.1, 0.15) is 6.04 Å². The lowest BCUT2D eigenvalue weighted by molar-refractivity contribution is -0.127. The first-order valence-corrected chi connectivity index (χ1v) is 8.78. The Morgan fingerprint density at radius 3 is 2.15 bits per heavy atom. The molecule has 2 aromatic carbocycles. The molecule has 3 rings (SSSR count). The Bertz CT molecular complexity index is 824. The van der Waals surface area contributed by atoms with E-state index in [9.17, 15) is 9.59 Å². The van der Waals surface area contributed by atoms with Crippen molar-refractivity contribution < 1.29 is 9.59 Å². The molecule has 0 heterocycles. The third-order valence-electron chi connectivity index (χ3n) is 4.79. The van der Waals surface area contributed by atoms with Gasteiger partial charge in [0.25, 0.3) is 0 Å². The van der Waals surface area contributed by atoms with Crippen molar-refractivity contribution >= 4 is 11.8 Å². The summed E-state index contributed by atoms with van der Waals surface area (Å²) in [6.45, 7) is 0. The van der Waals surface area contributed by atoms with Crippen molar-refractivity contribution in [1.29, 1.82) is 5.26 Å². The van der Waals surface area contributed by atoms with E-state index in [0.717, 1.165) is 22.3 Å². The number of primary amides is 1. The molecule has 0 aliphatic heterocycles. The van der Waals surface area contributed by atoms with E-state index in [1.807, 2.05) is 48.5 Å². The highest BCUT2D eigenvalue weighted by Crippen LogP contribution is 2.44. The number of fused-ring (bicyclic) bond motifs is 3. The number of unbranched alkanes of at least 4 members (excludes halogenated alkanes) is 2. The van der Waals surface area contributed by atoms with E-state index in [1.54, 1.807) is 0 Å². The number of carbonyl (C=O) groups excluding carboxylic acids is 2. The zero-order valence-electron chi connectivity index (χ0n) is 14.4. The Morgan fingerprint density at radius 1 is 1.04 bits per heavy atom. The molecule has 2 amide bonds. The molecule has 0 spiro atoms. The lowest BCUT2D eigenvalue weighted by Crippen LogP contribution is -2.46. The first-order chi connectivity index (χ1) is 12.6. The Morgan fingerprint density at radius 2 is 1.62 bits per heavy atom. The molecular formula is C21H21N3O2. The number of amides is 2. The lowest BCUT2D eigenvalue weighted by atomic mass is 9.95. The van der Waals surface area contributed by atoms with Crippen molar-refractivity contribution in [1.82, 2.24) is 5.32 Å². The maximum absolute atomic E-state index is 13.0. The van der Waals surface area contributed by atoms with Crippen LogP contribution in [0.1, 0.15) is 42.7 Å². The number of nitrogens with two attached hydrogens (primary N) is 1. The fourth-order valence-electron chi connectivity index (χ4n) is 3.53. The summed E-state index contributed by atoms with van der Waals surface area (Å²) in [4.78, 5) is 24.8. The average molecular weight is 347 g/mol. The summed E-state index contributed by atoms with van der Waals surface area (Å²) in [7, 11) is 0. The number of carbonyl (C=O) groups is 2. The van der Waals surface area contributed by atoms with Crippen molar-refractivity contribution in [3.8, 4) is 17.2 Å². The maximum Gasteiger partial charge on any atom is 0.240 e. The van der Waals surface area contributed by atoms with Gasteiger partial charge in [-0.3, -0.25) is 9.59 Å². The van der Waals surface area contributed by atoms with E-state index < -0.39 is 17.9 Å². The van der Waals surface area contributed by atoms with Gasteiger partial charge in [0.05, 0.1) is 12.0 Å². The van der Waals surface area contributed by atoms with Gasteiger partial charge in [0.2, 0.25) is 11.8 Å². The van der Waals surface area contributed by atoms with Crippen LogP contribution in [0.2, 0.25) is 0 Å². The van der Waals surface area contributed by atoms with Gasteiger partial charge < -0.3 is 11.1 Å². The van der Waals surface area contributed by atoms with Crippen LogP contribution in [-0.2, 0) is 9.59 Å². The van der Waals surface area contributed by atoms with Crippen LogP contribution in [0, 0.1) is 11.3 Å². The second-order valence-corrected chi connectivity index (χ2v) is 6.47. The second kappa shape index (κ2) is 7.83. The minimum Gasteiger partial charge on any atom is -0.368 e. The molecular weight excluding hydrogens is 326 g/mol. The molecule has 1 aliphatic carbocycles. The number of nitrogens with zero attached hydrogens (tertiary/aromatic N) is 1. The number of rotatable bonds is 7. The molecule has 0 aromatic heterocycles. The van der Waals surface area contributed by atoms with E-state index in [-0.39, 0.29) is 5.91 Å². The van der Waals surface area contributed by atoms with Crippen molar-refractivity contribution in [3.05, 3.63) is 59.7 Å². The quantitative estimate of drug-likeness (QED) is 0.754. The summed E-state index contributed by atoms with van der Waals surface area (Å²) in [6, 6.07) is 17.0. The van der Waals surface area contributed by atoms with Gasteiger partial charge in [-0.05, 0) is 41.5 Å². The van der Waals surface area contributed by atoms with Gasteiger partial charge in [-0.25, -0.2) is 0 Å². The van der Waals surface area contributed by atoms with Crippen LogP contribution in [0.25, 0.3) is 11.1 Å². The summed E-state index contributed by atoms with van der Waals surface area (Å²) >= 11 is 0. The average Bonchev–Trinajstić information content (AvgIpc) is 2.98. The third-order valence-corrected chi connectivity index (χ3v) is 4.79. The van der Waals surface area contributed by atoms with Crippen LogP contribution < -0.4 is 11.1 Å². The number of nitrogens with one attached hydrogen (secondary N) is 1. The maximum atomic E-state index is 13.0. The standard InChI is InChI=1S/C21H21N3O2/c22-13-7-1-2-12-18(20(23)25)24-21(26)19-16-10-5-3-8-14(16)15-9-4-6-11-17(15)19/h3-6,8-11,18-19H,1-2,7,12H2,(H2,23,25)(H,24,26)/t18-/m1/s1. The van der Waals surface area contributed by atoms with Crippen LogP contribution in [0.3, 0.4) is 0 Å². The summed E-state index contributed by atoms with van der Waals surface area (Å²) < 4.78 is 0. The van der Waals surface area contributed by atoms with E-state index in [1.165, 1.54) is 0 Å². The molecule has 2 aromatic rings. The molecule has 0 unspecified atom stereocenters. The van der Waals surface area contributed by atoms with E-state index in [4.69, 9.17) is 11.0 Å². The normalized spacial score (nSPS) is 13.3. The zero-order valence-corrected chi connectivity index (χ0v) is 14.4. The fraction of sp³-hybridized carbons (Fsp3) is 0.286. The topological polar surface area (TPSA) is 96.0 Å². The minimum absolute atomic E-state index is 0.216. The Balaban J connectivity index is 1.81. The zero-order chi connectivity index (χ0) is 18.5. The van der Waals surface area contributed by atoms with Gasteiger partial charge in [-0.15, -0.1) is 0 Å². The monoisotopic (exact) mass is 347 g/mol. The molecule has 0 saturated carbocycles. The molecule has 0 fully saturated rings. The first kappa shape index (κ1) is 17.7. The Hall–Kier alpha value is -3.13. The molecule has 5 nitrogen and oxygen atoms in total. The lowest BCUT2D eigenvalue weighted by Gasteiger charge is -2.19. The largest absolute Gasteiger partial charge is 0.368 e. The molecule has 3 N–H and O–H groups in total. The number of benzene rings is 2. The molecule has 1 aliphatic rings. The van der Waals surface area contributed by atoms with Crippen molar-refractivity contribution in [2.45, 2.75) is 37.6 Å². The highest BCUT2D eigenvalue weighted by Gasteiger charge is 2.34. The molecule has 1 atom stereocenters. The molecule has 5 heteroatoms. The Kier molecular flexibility index (Phi) is 5.33. The minimum atomic E-state index is -0.721. The van der Waals surface area contributed by atoms with E-state index in [2.05, 4.69) is 11.4 Å². The highest BCUT2D eigenvalue weighted by atomic mass is 16.2. The molecule has 0 saturated heterocycles. The number of hydrogen-bond donors (Lipinski definition) is 2. The highest BCUT2D eigenvalue weighted by molar-refractivity contribution is 5.98. The summed E-state index contributed by atoms with van der Waals surface area (Å²) in [5.74, 6) is -1.20. The summed E-state index contributed by atoms with van der Waals surface area (Å²) in [6.07, 6.45) is 2.23.